The van der Waals surface area contributed by atoms with Crippen LogP contribution in [0.25, 0.3) is 16.9 Å². The zero-order chi connectivity index (χ0) is 16.4. The van der Waals surface area contributed by atoms with Gasteiger partial charge in [0.15, 0.2) is 9.84 Å². The smallest absolute Gasteiger partial charge is 0.200 e. The molecule has 116 valence electrons. The van der Waals surface area contributed by atoms with Crippen LogP contribution in [0.4, 0.5) is 0 Å². The van der Waals surface area contributed by atoms with Crippen LogP contribution in [0.3, 0.4) is 0 Å². The Morgan fingerprint density at radius 2 is 1.61 bits per heavy atom. The third kappa shape index (κ3) is 3.22. The lowest BCUT2D eigenvalue weighted by Gasteiger charge is -2.12. The molecule has 1 aromatic heterocycles. The quantitative estimate of drug-likeness (QED) is 0.740. The molecule has 23 heavy (non-hydrogen) atoms. The fourth-order valence-electron chi connectivity index (χ4n) is 2.26. The summed E-state index contributed by atoms with van der Waals surface area (Å²) < 4.78 is 24.7. The van der Waals surface area contributed by atoms with Gasteiger partial charge < -0.3 is 0 Å². The van der Waals surface area contributed by atoms with Gasteiger partial charge in [-0.15, -0.1) is 0 Å². The van der Waals surface area contributed by atoms with Gasteiger partial charge in [-0.1, -0.05) is 30.3 Å². The maximum Gasteiger partial charge on any atom is 0.200 e. The molecule has 0 aliphatic heterocycles. The standard InChI is InChI=1S/C17H14N2O3S/c1-23(21,22)16-9-7-14(8-10-16)19-17(11-15(20)12-18-19)13-5-3-2-4-6-13/h2-12H,1H3. The van der Waals surface area contributed by atoms with Crippen molar-refractivity contribution < 1.29 is 8.42 Å². The number of sulfone groups is 1. The third-order valence-corrected chi connectivity index (χ3v) is 4.52. The zero-order valence-corrected chi connectivity index (χ0v) is 13.2. The van der Waals surface area contributed by atoms with Crippen molar-refractivity contribution in [1.82, 2.24) is 9.78 Å². The minimum atomic E-state index is -3.25. The van der Waals surface area contributed by atoms with Crippen molar-refractivity contribution in [3.63, 3.8) is 0 Å². The number of benzene rings is 2. The van der Waals surface area contributed by atoms with Gasteiger partial charge in [-0.2, -0.15) is 5.10 Å². The molecule has 0 amide bonds. The molecular weight excluding hydrogens is 312 g/mol. The Morgan fingerprint density at radius 1 is 0.957 bits per heavy atom. The van der Waals surface area contributed by atoms with Crippen LogP contribution in [0.15, 0.2) is 76.6 Å². The van der Waals surface area contributed by atoms with Gasteiger partial charge in [0.05, 0.1) is 22.5 Å². The third-order valence-electron chi connectivity index (χ3n) is 3.39. The van der Waals surface area contributed by atoms with Crippen molar-refractivity contribution in [3.05, 3.63) is 77.1 Å². The van der Waals surface area contributed by atoms with Crippen LogP contribution in [-0.4, -0.2) is 24.5 Å². The Labute approximate surface area is 133 Å². The summed E-state index contributed by atoms with van der Waals surface area (Å²) in [5.41, 5.74) is 1.99. The van der Waals surface area contributed by atoms with E-state index in [0.29, 0.717) is 11.4 Å². The van der Waals surface area contributed by atoms with E-state index in [1.807, 2.05) is 30.3 Å². The monoisotopic (exact) mass is 326 g/mol. The van der Waals surface area contributed by atoms with E-state index in [0.717, 1.165) is 11.8 Å². The molecule has 3 aromatic rings. The maximum atomic E-state index is 11.7. The molecule has 0 radical (unpaired) electrons. The molecule has 1 heterocycles. The normalized spacial score (nSPS) is 11.3. The van der Waals surface area contributed by atoms with E-state index in [2.05, 4.69) is 5.10 Å². The first-order valence-corrected chi connectivity index (χ1v) is 8.79. The summed E-state index contributed by atoms with van der Waals surface area (Å²) >= 11 is 0. The Bertz CT molecular complexity index is 992. The average molecular weight is 326 g/mol. The predicted octanol–water partition coefficient (Wildman–Crippen LogP) is 2.30. The van der Waals surface area contributed by atoms with Gasteiger partial charge in [-0.3, -0.25) is 4.79 Å². The largest absolute Gasteiger partial charge is 0.288 e. The lowest BCUT2D eigenvalue weighted by Crippen LogP contribution is -2.11. The molecule has 0 aliphatic rings. The van der Waals surface area contributed by atoms with Crippen molar-refractivity contribution >= 4 is 9.84 Å². The molecule has 0 fully saturated rings. The van der Waals surface area contributed by atoms with Gasteiger partial charge >= 0.3 is 0 Å². The van der Waals surface area contributed by atoms with Crippen LogP contribution >= 0.6 is 0 Å². The van der Waals surface area contributed by atoms with Gasteiger partial charge in [-0.05, 0) is 24.3 Å². The molecule has 5 nitrogen and oxygen atoms in total. The van der Waals surface area contributed by atoms with Crippen LogP contribution in [0.5, 0.6) is 0 Å². The highest BCUT2D eigenvalue weighted by Crippen LogP contribution is 2.21. The highest BCUT2D eigenvalue weighted by atomic mass is 32.2. The SMILES string of the molecule is CS(=O)(=O)c1ccc(-n2ncc(=O)cc2-c2ccccc2)cc1. The lowest BCUT2D eigenvalue weighted by molar-refractivity contribution is 0.602. The van der Waals surface area contributed by atoms with Crippen molar-refractivity contribution in [3.8, 4) is 16.9 Å². The number of rotatable bonds is 3. The van der Waals surface area contributed by atoms with Crippen LogP contribution in [0.2, 0.25) is 0 Å². The van der Waals surface area contributed by atoms with Crippen LogP contribution in [0, 0.1) is 0 Å². The predicted molar refractivity (Wildman–Crippen MR) is 88.4 cm³/mol. The van der Waals surface area contributed by atoms with E-state index in [1.54, 1.807) is 16.8 Å². The Kier molecular flexibility index (Phi) is 3.83. The number of hydrogen-bond acceptors (Lipinski definition) is 4. The molecule has 0 aliphatic carbocycles. The second-order valence-corrected chi connectivity index (χ2v) is 7.14. The first kappa shape index (κ1) is 15.2. The van der Waals surface area contributed by atoms with Gasteiger partial charge in [0, 0.05) is 17.9 Å². The minimum Gasteiger partial charge on any atom is -0.288 e. The van der Waals surface area contributed by atoms with E-state index in [4.69, 9.17) is 0 Å². The summed E-state index contributed by atoms with van der Waals surface area (Å²) in [6.45, 7) is 0. The van der Waals surface area contributed by atoms with Crippen molar-refractivity contribution in [1.29, 1.82) is 0 Å². The maximum absolute atomic E-state index is 11.7. The molecule has 0 spiro atoms. The highest BCUT2D eigenvalue weighted by molar-refractivity contribution is 7.90. The van der Waals surface area contributed by atoms with E-state index < -0.39 is 9.84 Å². The molecular formula is C17H14N2O3S. The van der Waals surface area contributed by atoms with E-state index in [-0.39, 0.29) is 10.3 Å². The van der Waals surface area contributed by atoms with Crippen LogP contribution < -0.4 is 5.43 Å². The van der Waals surface area contributed by atoms with Crippen molar-refractivity contribution in [2.75, 3.05) is 6.26 Å². The van der Waals surface area contributed by atoms with Crippen LogP contribution in [-0.2, 0) is 9.84 Å². The summed E-state index contributed by atoms with van der Waals surface area (Å²) in [6, 6.07) is 17.3. The fourth-order valence-corrected chi connectivity index (χ4v) is 2.90. The van der Waals surface area contributed by atoms with Gasteiger partial charge in [0.25, 0.3) is 0 Å². The molecule has 0 saturated heterocycles. The number of aromatic nitrogens is 2. The molecule has 6 heteroatoms. The Balaban J connectivity index is 2.16. The highest BCUT2D eigenvalue weighted by Gasteiger charge is 2.10. The van der Waals surface area contributed by atoms with E-state index in [9.17, 15) is 13.2 Å². The lowest BCUT2D eigenvalue weighted by atomic mass is 10.1. The summed E-state index contributed by atoms with van der Waals surface area (Å²) in [5.74, 6) is 0. The Morgan fingerprint density at radius 3 is 2.22 bits per heavy atom. The first-order valence-electron chi connectivity index (χ1n) is 6.90. The molecule has 0 bridgehead atoms. The van der Waals surface area contributed by atoms with Crippen LogP contribution in [0.1, 0.15) is 0 Å². The van der Waals surface area contributed by atoms with Gasteiger partial charge in [-0.25, -0.2) is 13.1 Å². The molecule has 0 N–H and O–H groups in total. The average Bonchev–Trinajstić information content (AvgIpc) is 2.55. The second-order valence-electron chi connectivity index (χ2n) is 5.12. The molecule has 2 aromatic carbocycles. The molecule has 0 unspecified atom stereocenters. The van der Waals surface area contributed by atoms with Gasteiger partial charge in [0.1, 0.15) is 0 Å². The molecule has 0 atom stereocenters. The van der Waals surface area contributed by atoms with E-state index in [1.165, 1.54) is 24.4 Å². The number of nitrogens with zero attached hydrogens (tertiary/aromatic N) is 2. The minimum absolute atomic E-state index is 0.187. The fraction of sp³-hybridized carbons (Fsp3) is 0.0588. The summed E-state index contributed by atoms with van der Waals surface area (Å²) in [6.07, 6.45) is 2.39. The Hall–Kier alpha value is -2.73. The van der Waals surface area contributed by atoms with Gasteiger partial charge in [0.2, 0.25) is 5.43 Å². The summed E-state index contributed by atoms with van der Waals surface area (Å²) in [7, 11) is -3.25. The second kappa shape index (κ2) is 5.81. The van der Waals surface area contributed by atoms with E-state index >= 15 is 0 Å². The summed E-state index contributed by atoms with van der Waals surface area (Å²) in [5, 5.41) is 4.17. The topological polar surface area (TPSA) is 69.0 Å². The molecule has 3 rings (SSSR count). The zero-order valence-electron chi connectivity index (χ0n) is 12.4. The van der Waals surface area contributed by atoms with Crippen molar-refractivity contribution in [2.45, 2.75) is 4.90 Å². The first-order chi connectivity index (χ1) is 10.9. The molecule has 0 saturated carbocycles. The summed E-state index contributed by atoms with van der Waals surface area (Å²) in [4.78, 5) is 11.9. The number of hydrogen-bond donors (Lipinski definition) is 0. The van der Waals surface area contributed by atoms with Crippen molar-refractivity contribution in [2.24, 2.45) is 0 Å².